The molecule has 0 spiro atoms. The molecule has 1 aromatic rings. The number of hydrogen-bond donors (Lipinski definition) is 1. The Morgan fingerprint density at radius 2 is 2.15 bits per heavy atom. The van der Waals surface area contributed by atoms with Gasteiger partial charge >= 0.3 is 12.1 Å². The van der Waals surface area contributed by atoms with Gasteiger partial charge in [-0.15, -0.1) is 0 Å². The van der Waals surface area contributed by atoms with Crippen molar-refractivity contribution in [1.29, 1.82) is 0 Å². The van der Waals surface area contributed by atoms with E-state index in [-0.39, 0.29) is 13.3 Å². The Labute approximate surface area is 114 Å². The van der Waals surface area contributed by atoms with Crippen molar-refractivity contribution in [3.8, 4) is 11.5 Å². The molecule has 0 saturated carbocycles. The third-order valence-electron chi connectivity index (χ3n) is 3.36. The predicted molar refractivity (Wildman–Crippen MR) is 65.5 cm³/mol. The van der Waals surface area contributed by atoms with Crippen LogP contribution in [0.4, 0.5) is 4.79 Å². The SMILES string of the molecule is C[C@@H]1OC(=O)[C@@H]1N(Cc1ccc2c(c1)OCO2)C(=O)O. The van der Waals surface area contributed by atoms with Crippen molar-refractivity contribution in [3.05, 3.63) is 23.8 Å². The lowest BCUT2D eigenvalue weighted by molar-refractivity contribution is -0.183. The van der Waals surface area contributed by atoms with Gasteiger partial charge in [0, 0.05) is 0 Å². The molecule has 1 fully saturated rings. The monoisotopic (exact) mass is 279 g/mol. The van der Waals surface area contributed by atoms with E-state index < -0.39 is 24.2 Å². The van der Waals surface area contributed by atoms with E-state index in [1.165, 1.54) is 0 Å². The highest BCUT2D eigenvalue weighted by Crippen LogP contribution is 2.33. The largest absolute Gasteiger partial charge is 0.465 e. The van der Waals surface area contributed by atoms with Crippen LogP contribution in [-0.4, -0.2) is 41.0 Å². The van der Waals surface area contributed by atoms with Crippen LogP contribution in [0.5, 0.6) is 11.5 Å². The smallest absolute Gasteiger partial charge is 0.408 e. The molecule has 0 radical (unpaired) electrons. The number of carboxylic acid groups (broad SMARTS) is 1. The van der Waals surface area contributed by atoms with Crippen molar-refractivity contribution in [3.63, 3.8) is 0 Å². The van der Waals surface area contributed by atoms with Gasteiger partial charge in [-0.05, 0) is 24.6 Å². The first-order chi connectivity index (χ1) is 9.56. The van der Waals surface area contributed by atoms with Gasteiger partial charge in [-0.1, -0.05) is 6.07 Å². The fourth-order valence-corrected chi connectivity index (χ4v) is 2.34. The van der Waals surface area contributed by atoms with Crippen LogP contribution in [0.25, 0.3) is 0 Å². The van der Waals surface area contributed by atoms with Gasteiger partial charge < -0.3 is 19.3 Å². The van der Waals surface area contributed by atoms with Crippen molar-refractivity contribution in [2.45, 2.75) is 25.6 Å². The van der Waals surface area contributed by atoms with E-state index in [1.54, 1.807) is 25.1 Å². The summed E-state index contributed by atoms with van der Waals surface area (Å²) in [5, 5.41) is 9.26. The van der Waals surface area contributed by atoms with Gasteiger partial charge in [0.1, 0.15) is 6.10 Å². The van der Waals surface area contributed by atoms with E-state index in [0.29, 0.717) is 11.5 Å². The van der Waals surface area contributed by atoms with Crippen LogP contribution in [0.3, 0.4) is 0 Å². The van der Waals surface area contributed by atoms with Gasteiger partial charge in [-0.2, -0.15) is 0 Å². The number of esters is 1. The number of ether oxygens (including phenoxy) is 3. The molecule has 7 nitrogen and oxygen atoms in total. The lowest BCUT2D eigenvalue weighted by atomic mass is 10.0. The zero-order valence-corrected chi connectivity index (χ0v) is 10.7. The molecule has 0 bridgehead atoms. The Morgan fingerprint density at radius 3 is 2.80 bits per heavy atom. The molecule has 2 atom stereocenters. The number of hydrogen-bond acceptors (Lipinski definition) is 5. The number of carbonyl (C=O) groups is 2. The number of amides is 1. The number of carbonyl (C=O) groups excluding carboxylic acids is 1. The normalized spacial score (nSPS) is 22.9. The second-order valence-electron chi connectivity index (χ2n) is 4.68. The van der Waals surface area contributed by atoms with Crippen molar-refractivity contribution in [2.24, 2.45) is 0 Å². The first kappa shape index (κ1) is 12.6. The highest BCUT2D eigenvalue weighted by Gasteiger charge is 2.45. The minimum atomic E-state index is -1.16. The van der Waals surface area contributed by atoms with Gasteiger partial charge in [-0.25, -0.2) is 9.59 Å². The molecule has 2 aliphatic rings. The van der Waals surface area contributed by atoms with Crippen molar-refractivity contribution in [2.75, 3.05) is 6.79 Å². The molecule has 3 rings (SSSR count). The van der Waals surface area contributed by atoms with Gasteiger partial charge in [0.15, 0.2) is 17.5 Å². The van der Waals surface area contributed by atoms with Crippen LogP contribution in [0.1, 0.15) is 12.5 Å². The number of benzene rings is 1. The summed E-state index contributed by atoms with van der Waals surface area (Å²) < 4.78 is 15.2. The van der Waals surface area contributed by atoms with E-state index >= 15 is 0 Å². The summed E-state index contributed by atoms with van der Waals surface area (Å²) in [4.78, 5) is 23.8. The Morgan fingerprint density at radius 1 is 1.40 bits per heavy atom. The quantitative estimate of drug-likeness (QED) is 0.837. The van der Waals surface area contributed by atoms with E-state index in [2.05, 4.69) is 0 Å². The summed E-state index contributed by atoms with van der Waals surface area (Å²) >= 11 is 0. The van der Waals surface area contributed by atoms with Crippen LogP contribution in [0.15, 0.2) is 18.2 Å². The van der Waals surface area contributed by atoms with Crippen LogP contribution in [0, 0.1) is 0 Å². The fourth-order valence-electron chi connectivity index (χ4n) is 2.34. The summed E-state index contributed by atoms with van der Waals surface area (Å²) in [6.07, 6.45) is -1.58. The number of nitrogens with zero attached hydrogens (tertiary/aromatic N) is 1. The van der Waals surface area contributed by atoms with Gasteiger partial charge in [0.25, 0.3) is 0 Å². The molecular weight excluding hydrogens is 266 g/mol. The zero-order valence-electron chi connectivity index (χ0n) is 10.7. The fraction of sp³-hybridized carbons (Fsp3) is 0.385. The van der Waals surface area contributed by atoms with E-state index in [4.69, 9.17) is 14.2 Å². The first-order valence-corrected chi connectivity index (χ1v) is 6.15. The summed E-state index contributed by atoms with van der Waals surface area (Å²) in [5.41, 5.74) is 0.726. The molecule has 20 heavy (non-hydrogen) atoms. The molecule has 7 heteroatoms. The molecule has 2 aliphatic heterocycles. The summed E-state index contributed by atoms with van der Waals surface area (Å²) in [5.74, 6) is 0.699. The predicted octanol–water partition coefficient (Wildman–Crippen LogP) is 1.21. The molecule has 0 aliphatic carbocycles. The average Bonchev–Trinajstić information content (AvgIpc) is 2.85. The maximum atomic E-state index is 11.4. The summed E-state index contributed by atoms with van der Waals surface area (Å²) in [7, 11) is 0. The second kappa shape index (κ2) is 4.59. The standard InChI is InChI=1S/C13H13NO6/c1-7-11(12(15)20-7)14(13(16)17)5-8-2-3-9-10(4-8)19-6-18-9/h2-4,7,11H,5-6H2,1H3,(H,16,17)/t7-,11+/m0/s1. The molecule has 1 saturated heterocycles. The minimum absolute atomic E-state index is 0.0933. The van der Waals surface area contributed by atoms with Crippen molar-refractivity contribution in [1.82, 2.24) is 4.90 Å². The van der Waals surface area contributed by atoms with E-state index in [9.17, 15) is 14.7 Å². The molecule has 1 aromatic carbocycles. The Hall–Kier alpha value is -2.44. The molecule has 106 valence electrons. The second-order valence-corrected chi connectivity index (χ2v) is 4.68. The molecular formula is C13H13NO6. The van der Waals surface area contributed by atoms with Gasteiger partial charge in [-0.3, -0.25) is 4.90 Å². The number of rotatable bonds is 3. The third-order valence-corrected chi connectivity index (χ3v) is 3.36. The zero-order chi connectivity index (χ0) is 14.3. The molecule has 2 heterocycles. The van der Waals surface area contributed by atoms with Gasteiger partial charge in [0.2, 0.25) is 6.79 Å². The molecule has 1 N–H and O–H groups in total. The molecule has 0 unspecified atom stereocenters. The lowest BCUT2D eigenvalue weighted by Crippen LogP contribution is -2.59. The maximum Gasteiger partial charge on any atom is 0.408 e. The summed E-state index contributed by atoms with van der Waals surface area (Å²) in [6.45, 7) is 1.92. The molecule has 1 amide bonds. The first-order valence-electron chi connectivity index (χ1n) is 6.15. The van der Waals surface area contributed by atoms with Gasteiger partial charge in [0.05, 0.1) is 6.54 Å². The van der Waals surface area contributed by atoms with Crippen LogP contribution in [0.2, 0.25) is 0 Å². The van der Waals surface area contributed by atoms with E-state index in [1.807, 2.05) is 0 Å². The highest BCUT2D eigenvalue weighted by molar-refractivity contribution is 5.86. The lowest BCUT2D eigenvalue weighted by Gasteiger charge is -2.39. The van der Waals surface area contributed by atoms with Crippen molar-refractivity contribution >= 4 is 12.1 Å². The Balaban J connectivity index is 1.80. The Kier molecular flexibility index (Phi) is 2.89. The average molecular weight is 279 g/mol. The Bertz CT molecular complexity index is 572. The topological polar surface area (TPSA) is 85.3 Å². The highest BCUT2D eigenvalue weighted by atomic mass is 16.7. The van der Waals surface area contributed by atoms with Crippen LogP contribution in [-0.2, 0) is 16.1 Å². The number of fused-ring (bicyclic) bond motifs is 1. The minimum Gasteiger partial charge on any atom is -0.465 e. The van der Waals surface area contributed by atoms with Crippen molar-refractivity contribution < 1.29 is 28.9 Å². The molecule has 0 aromatic heterocycles. The van der Waals surface area contributed by atoms with Crippen LogP contribution >= 0.6 is 0 Å². The van der Waals surface area contributed by atoms with Crippen LogP contribution < -0.4 is 9.47 Å². The summed E-state index contributed by atoms with van der Waals surface area (Å²) in [6, 6.07) is 4.43. The third kappa shape index (κ3) is 2.01. The number of cyclic esters (lactones) is 1. The maximum absolute atomic E-state index is 11.4. The van der Waals surface area contributed by atoms with E-state index in [0.717, 1.165) is 10.5 Å².